The van der Waals surface area contributed by atoms with Crippen molar-refractivity contribution in [3.05, 3.63) is 114 Å². The molecule has 0 saturated heterocycles. The van der Waals surface area contributed by atoms with Crippen molar-refractivity contribution < 1.29 is 20.8 Å². The number of rotatable bonds is 2. The molecule has 0 nitrogen and oxygen atoms in total. The molecule has 2 radical (unpaired) electrons. The zero-order chi connectivity index (χ0) is 24.8. The van der Waals surface area contributed by atoms with E-state index in [1.54, 1.807) is 0 Å². The van der Waals surface area contributed by atoms with Gasteiger partial charge in [0.05, 0.1) is 9.52 Å². The molecule has 6 rings (SSSR count). The number of benzene rings is 4. The van der Waals surface area contributed by atoms with Crippen LogP contribution in [-0.2, 0) is 27.3 Å². The van der Waals surface area contributed by atoms with Crippen LogP contribution in [0.4, 0.5) is 0 Å². The molecule has 0 amide bonds. The van der Waals surface area contributed by atoms with Crippen LogP contribution in [0.5, 0.6) is 0 Å². The maximum atomic E-state index is 4.93. The molecule has 5 aromatic carbocycles. The SMILES string of the molecule is CCc1ccccc1-c1c(C)ccc2[cH-]c(C)cc12.[Cl][Zr+2][Cl].[c-]1cccc2c1[Si]c1ccccc1-2. The van der Waals surface area contributed by atoms with Gasteiger partial charge in [-0.3, -0.25) is 0 Å². The van der Waals surface area contributed by atoms with Gasteiger partial charge in [-0.25, -0.2) is 0 Å². The van der Waals surface area contributed by atoms with Crippen molar-refractivity contribution in [2.75, 3.05) is 0 Å². The summed E-state index contributed by atoms with van der Waals surface area (Å²) in [5.41, 5.74) is 9.69. The fraction of sp³-hybridized carbons (Fsp3) is 0.129. The molecular formula is C31H26Cl2SiZr. The Bertz CT molecular complexity index is 1390. The van der Waals surface area contributed by atoms with E-state index in [-0.39, 0.29) is 0 Å². The van der Waals surface area contributed by atoms with E-state index in [1.807, 2.05) is 6.07 Å². The average Bonchev–Trinajstić information content (AvgIpc) is 3.44. The molecule has 35 heavy (non-hydrogen) atoms. The first-order valence-corrected chi connectivity index (χ1v) is 19.0. The van der Waals surface area contributed by atoms with Crippen molar-refractivity contribution in [1.29, 1.82) is 0 Å². The van der Waals surface area contributed by atoms with E-state index in [0.29, 0.717) is 0 Å². The van der Waals surface area contributed by atoms with Crippen LogP contribution >= 0.6 is 17.0 Å². The zero-order valence-electron chi connectivity index (χ0n) is 20.1. The molecule has 0 aromatic heterocycles. The second-order valence-electron chi connectivity index (χ2n) is 8.50. The molecule has 1 heterocycles. The molecule has 0 saturated carbocycles. The summed E-state index contributed by atoms with van der Waals surface area (Å²) in [6, 6.07) is 36.0. The van der Waals surface area contributed by atoms with Crippen LogP contribution in [0.25, 0.3) is 33.0 Å². The van der Waals surface area contributed by atoms with Gasteiger partial charge in [-0.1, -0.05) is 84.3 Å². The molecule has 0 unspecified atom stereocenters. The van der Waals surface area contributed by atoms with Crippen LogP contribution in [0.15, 0.2) is 91.0 Å². The van der Waals surface area contributed by atoms with Gasteiger partial charge in [0.2, 0.25) is 0 Å². The first-order chi connectivity index (χ1) is 17.1. The second-order valence-corrected chi connectivity index (χ2v) is 13.5. The summed E-state index contributed by atoms with van der Waals surface area (Å²) in [6.07, 6.45) is 1.08. The van der Waals surface area contributed by atoms with Gasteiger partial charge in [-0.05, 0) is 24.5 Å². The molecular weight excluding hydrogens is 563 g/mol. The third-order valence-corrected chi connectivity index (χ3v) is 7.61. The summed E-state index contributed by atoms with van der Waals surface area (Å²) in [7, 11) is 10.7. The molecule has 0 spiro atoms. The first kappa shape index (κ1) is 26.2. The number of hydrogen-bond acceptors (Lipinski definition) is 0. The average molecular weight is 589 g/mol. The largest absolute Gasteiger partial charge is 0.184 e. The molecule has 172 valence electrons. The van der Waals surface area contributed by atoms with E-state index >= 15 is 0 Å². The maximum Gasteiger partial charge on any atom is 0.0920 e. The van der Waals surface area contributed by atoms with Crippen molar-refractivity contribution in [3.8, 4) is 22.3 Å². The molecule has 4 heteroatoms. The molecule has 0 bridgehead atoms. The Morgan fingerprint density at radius 1 is 0.857 bits per heavy atom. The fourth-order valence-corrected chi connectivity index (χ4v) is 6.01. The Labute approximate surface area is 230 Å². The van der Waals surface area contributed by atoms with Crippen molar-refractivity contribution in [2.45, 2.75) is 27.2 Å². The van der Waals surface area contributed by atoms with E-state index in [9.17, 15) is 0 Å². The molecule has 5 aromatic rings. The molecule has 0 fully saturated rings. The maximum absolute atomic E-state index is 4.93. The van der Waals surface area contributed by atoms with Gasteiger partial charge < -0.3 is 0 Å². The van der Waals surface area contributed by atoms with E-state index in [2.05, 4.69) is 112 Å². The zero-order valence-corrected chi connectivity index (χ0v) is 25.1. The van der Waals surface area contributed by atoms with Gasteiger partial charge in [-0.15, -0.1) is 40.1 Å². The number of hydrogen-bond donors (Lipinski definition) is 0. The summed E-state index contributed by atoms with van der Waals surface area (Å²) in [6.45, 7) is 6.61. The van der Waals surface area contributed by atoms with Crippen LogP contribution < -0.4 is 10.4 Å². The van der Waals surface area contributed by atoms with E-state index in [4.69, 9.17) is 17.0 Å². The minimum absolute atomic E-state index is 0.795. The molecule has 1 aliphatic rings. The predicted octanol–water partition coefficient (Wildman–Crippen LogP) is 7.90. The smallest absolute Gasteiger partial charge is 0.0920 e. The summed E-state index contributed by atoms with van der Waals surface area (Å²) >= 11 is -0.826. The van der Waals surface area contributed by atoms with Gasteiger partial charge in [0, 0.05) is 0 Å². The van der Waals surface area contributed by atoms with Gasteiger partial charge in [0.15, 0.2) is 0 Å². The summed E-state index contributed by atoms with van der Waals surface area (Å²) in [5, 5.41) is 5.56. The molecule has 0 aliphatic carbocycles. The summed E-state index contributed by atoms with van der Waals surface area (Å²) < 4.78 is 0. The van der Waals surface area contributed by atoms with Crippen LogP contribution in [0.2, 0.25) is 0 Å². The molecule has 1 aliphatic heterocycles. The van der Waals surface area contributed by atoms with Gasteiger partial charge in [0.25, 0.3) is 0 Å². The first-order valence-electron chi connectivity index (χ1n) is 11.7. The van der Waals surface area contributed by atoms with Gasteiger partial charge in [-0.2, -0.15) is 35.5 Å². The van der Waals surface area contributed by atoms with Crippen LogP contribution in [0.3, 0.4) is 0 Å². The van der Waals surface area contributed by atoms with Crippen molar-refractivity contribution in [2.24, 2.45) is 0 Å². The van der Waals surface area contributed by atoms with Crippen molar-refractivity contribution >= 4 is 47.7 Å². The Hall–Kier alpha value is -1.83. The Morgan fingerprint density at radius 3 is 2.31 bits per heavy atom. The summed E-state index contributed by atoms with van der Waals surface area (Å²) in [4.78, 5) is 0. The third kappa shape index (κ3) is 5.95. The quantitative estimate of drug-likeness (QED) is 0.143. The minimum atomic E-state index is -0.826. The van der Waals surface area contributed by atoms with Crippen LogP contribution in [0, 0.1) is 19.9 Å². The Kier molecular flexibility index (Phi) is 9.31. The second kappa shape index (κ2) is 12.4. The fourth-order valence-electron chi connectivity index (χ4n) is 4.70. The molecule has 0 atom stereocenters. The monoisotopic (exact) mass is 586 g/mol. The van der Waals surface area contributed by atoms with Crippen LogP contribution in [-0.4, -0.2) is 9.52 Å². The van der Waals surface area contributed by atoms with E-state index in [0.717, 1.165) is 15.9 Å². The normalized spacial score (nSPS) is 10.9. The minimum Gasteiger partial charge on any atom is -0.184 e. The molecule has 0 N–H and O–H groups in total. The number of fused-ring (bicyclic) bond motifs is 4. The summed E-state index contributed by atoms with van der Waals surface area (Å²) in [5.74, 6) is 0. The van der Waals surface area contributed by atoms with Gasteiger partial charge >= 0.3 is 37.9 Å². The van der Waals surface area contributed by atoms with Crippen molar-refractivity contribution in [3.63, 3.8) is 0 Å². The number of halogens is 2. The van der Waals surface area contributed by atoms with Crippen LogP contribution in [0.1, 0.15) is 23.6 Å². The third-order valence-electron chi connectivity index (χ3n) is 6.24. The van der Waals surface area contributed by atoms with E-state index in [1.165, 1.54) is 60.1 Å². The number of aryl methyl sites for hydroxylation is 3. The van der Waals surface area contributed by atoms with Crippen molar-refractivity contribution in [1.82, 2.24) is 0 Å². The standard InChI is InChI=1S/C19H19.C12H7Si.2ClH.Zr/c1-4-15-7-5-6-8-17(15)19-14(3)9-10-16-11-13(2)12-18(16)19;1-3-7-11-9(5-1)10-6-2-4-8-12(10)13-11;;;/h5-12H,4H2,1-3H3;1-7H;2*1H;/q2*-1;;;+4/p-2. The topological polar surface area (TPSA) is 0 Å². The predicted molar refractivity (Wildman–Crippen MR) is 151 cm³/mol. The van der Waals surface area contributed by atoms with E-state index < -0.39 is 20.8 Å². The van der Waals surface area contributed by atoms with Gasteiger partial charge in [0.1, 0.15) is 0 Å². The Balaban J connectivity index is 0.000000156. The Morgan fingerprint density at radius 2 is 1.54 bits per heavy atom.